The number of benzene rings is 2. The highest BCUT2D eigenvalue weighted by molar-refractivity contribution is 5.38. The summed E-state index contributed by atoms with van der Waals surface area (Å²) in [5.41, 5.74) is 0.133. The smallest absolute Gasteiger partial charge is 0.159 e. The number of methoxy groups -OCH3 is 1. The Morgan fingerprint density at radius 1 is 1.12 bits per heavy atom. The molecule has 0 saturated carbocycles. The second-order valence-corrected chi connectivity index (χ2v) is 6.72. The molecule has 0 aromatic heterocycles. The van der Waals surface area contributed by atoms with Crippen LogP contribution in [0.2, 0.25) is 0 Å². The van der Waals surface area contributed by atoms with E-state index in [1.165, 1.54) is 6.07 Å². The Labute approximate surface area is 151 Å². The average Bonchev–Trinajstić information content (AvgIpc) is 2.66. The summed E-state index contributed by atoms with van der Waals surface area (Å²) in [6.45, 7) is 1.46. The van der Waals surface area contributed by atoms with Gasteiger partial charge in [-0.2, -0.15) is 0 Å². The number of β-amino-alcohol motifs (C(OH)–C–C–N with tert-alkyl or cyclic N) is 1. The monoisotopic (exact) mass is 363 g/mol. The maximum absolute atomic E-state index is 13.3. The highest BCUT2D eigenvalue weighted by Crippen LogP contribution is 2.38. The summed E-state index contributed by atoms with van der Waals surface area (Å²) >= 11 is 0. The van der Waals surface area contributed by atoms with Crippen LogP contribution in [-0.4, -0.2) is 41.9 Å². The molecule has 3 rings (SSSR count). The number of likely N-dealkylation sites (tertiary alicyclic amines) is 1. The number of aliphatic hydroxyl groups excluding tert-OH is 1. The molecule has 140 valence electrons. The fraction of sp³-hybridized carbons (Fsp3) is 0.400. The minimum absolute atomic E-state index is 0.299. The predicted molar refractivity (Wildman–Crippen MR) is 93.9 cm³/mol. The van der Waals surface area contributed by atoms with Gasteiger partial charge < -0.3 is 19.8 Å². The van der Waals surface area contributed by atoms with E-state index in [1.54, 1.807) is 7.11 Å². The lowest BCUT2D eigenvalue weighted by Crippen LogP contribution is -2.44. The van der Waals surface area contributed by atoms with E-state index in [2.05, 4.69) is 0 Å². The Hall–Kier alpha value is -2.02. The second kappa shape index (κ2) is 7.70. The number of para-hydroxylation sites is 1. The van der Waals surface area contributed by atoms with Crippen molar-refractivity contribution in [2.24, 2.45) is 0 Å². The minimum atomic E-state index is -0.976. The first-order chi connectivity index (χ1) is 12.4. The maximum Gasteiger partial charge on any atom is 0.159 e. The average molecular weight is 363 g/mol. The van der Waals surface area contributed by atoms with Crippen molar-refractivity contribution in [2.75, 3.05) is 26.7 Å². The number of piperidine rings is 1. The zero-order chi connectivity index (χ0) is 18.7. The third kappa shape index (κ3) is 3.87. The molecule has 1 atom stereocenters. The van der Waals surface area contributed by atoms with Crippen molar-refractivity contribution in [3.63, 3.8) is 0 Å². The fourth-order valence-electron chi connectivity index (χ4n) is 3.47. The van der Waals surface area contributed by atoms with Gasteiger partial charge in [0.15, 0.2) is 11.6 Å². The SMILES string of the molecule is COc1ccccc1C1(O)CCN(C[C@H](O)c2ccc(F)c(F)c2)CC1. The molecule has 0 bridgehead atoms. The third-order valence-electron chi connectivity index (χ3n) is 5.05. The molecular weight excluding hydrogens is 340 g/mol. The first kappa shape index (κ1) is 18.8. The van der Waals surface area contributed by atoms with Crippen molar-refractivity contribution in [1.82, 2.24) is 4.90 Å². The van der Waals surface area contributed by atoms with Gasteiger partial charge >= 0.3 is 0 Å². The lowest BCUT2D eigenvalue weighted by molar-refractivity contribution is -0.0358. The molecule has 1 aliphatic heterocycles. The standard InChI is InChI=1S/C20H23F2NO3/c1-26-19-5-3-2-4-15(19)20(25)8-10-23(11-9-20)13-18(24)14-6-7-16(21)17(22)12-14/h2-7,12,18,24-25H,8-11,13H2,1H3/t18-/m0/s1. The van der Waals surface area contributed by atoms with E-state index < -0.39 is 23.3 Å². The van der Waals surface area contributed by atoms with Crippen molar-refractivity contribution in [2.45, 2.75) is 24.5 Å². The van der Waals surface area contributed by atoms with Crippen LogP contribution in [0.1, 0.15) is 30.1 Å². The molecule has 1 heterocycles. The molecule has 26 heavy (non-hydrogen) atoms. The van der Waals surface area contributed by atoms with Crippen LogP contribution in [0, 0.1) is 11.6 Å². The molecule has 0 unspecified atom stereocenters. The van der Waals surface area contributed by atoms with Crippen molar-refractivity contribution < 1.29 is 23.7 Å². The van der Waals surface area contributed by atoms with Crippen LogP contribution in [0.5, 0.6) is 5.75 Å². The summed E-state index contributed by atoms with van der Waals surface area (Å²) in [6, 6.07) is 10.9. The van der Waals surface area contributed by atoms with Gasteiger partial charge in [0.05, 0.1) is 18.8 Å². The molecular formula is C20H23F2NO3. The Morgan fingerprint density at radius 2 is 1.81 bits per heavy atom. The van der Waals surface area contributed by atoms with Crippen molar-refractivity contribution >= 4 is 0 Å². The summed E-state index contributed by atoms with van der Waals surface area (Å²) in [4.78, 5) is 2.01. The van der Waals surface area contributed by atoms with E-state index >= 15 is 0 Å². The Bertz CT molecular complexity index is 760. The molecule has 2 N–H and O–H groups in total. The molecule has 2 aromatic carbocycles. The lowest BCUT2D eigenvalue weighted by Gasteiger charge is -2.39. The second-order valence-electron chi connectivity index (χ2n) is 6.72. The van der Waals surface area contributed by atoms with Gasteiger partial charge in [-0.15, -0.1) is 0 Å². The number of rotatable bonds is 5. The van der Waals surface area contributed by atoms with Gasteiger partial charge in [0, 0.05) is 25.2 Å². The number of aliphatic hydroxyl groups is 2. The van der Waals surface area contributed by atoms with Crippen LogP contribution in [0.4, 0.5) is 8.78 Å². The van der Waals surface area contributed by atoms with Crippen molar-refractivity contribution in [3.8, 4) is 5.75 Å². The van der Waals surface area contributed by atoms with Gasteiger partial charge in [0.2, 0.25) is 0 Å². The summed E-state index contributed by atoms with van der Waals surface area (Å²) in [5.74, 6) is -1.24. The van der Waals surface area contributed by atoms with E-state index in [1.807, 2.05) is 29.2 Å². The molecule has 1 aliphatic rings. The van der Waals surface area contributed by atoms with Crippen LogP contribution in [0.25, 0.3) is 0 Å². The van der Waals surface area contributed by atoms with Crippen molar-refractivity contribution in [3.05, 3.63) is 65.2 Å². The van der Waals surface area contributed by atoms with E-state index in [9.17, 15) is 19.0 Å². The molecule has 0 spiro atoms. The van der Waals surface area contributed by atoms with Crippen LogP contribution in [-0.2, 0) is 5.60 Å². The highest BCUT2D eigenvalue weighted by Gasteiger charge is 2.36. The van der Waals surface area contributed by atoms with Crippen LogP contribution in [0.15, 0.2) is 42.5 Å². The largest absolute Gasteiger partial charge is 0.496 e. The Kier molecular flexibility index (Phi) is 5.55. The first-order valence-electron chi connectivity index (χ1n) is 8.64. The normalized spacial score (nSPS) is 18.5. The summed E-state index contributed by atoms with van der Waals surface area (Å²) in [7, 11) is 1.58. The fourth-order valence-corrected chi connectivity index (χ4v) is 3.47. The van der Waals surface area contributed by atoms with Gasteiger partial charge in [-0.3, -0.25) is 0 Å². The summed E-state index contributed by atoms with van der Waals surface area (Å²) in [6.07, 6.45) is 0.0815. The molecule has 0 amide bonds. The maximum atomic E-state index is 13.3. The van der Waals surface area contributed by atoms with E-state index in [4.69, 9.17) is 4.74 Å². The van der Waals surface area contributed by atoms with Crippen LogP contribution < -0.4 is 4.74 Å². The lowest BCUT2D eigenvalue weighted by atomic mass is 9.83. The molecule has 0 aliphatic carbocycles. The van der Waals surface area contributed by atoms with Gasteiger partial charge in [0.1, 0.15) is 5.75 Å². The quantitative estimate of drug-likeness (QED) is 0.858. The molecule has 4 nitrogen and oxygen atoms in total. The van der Waals surface area contributed by atoms with Gasteiger partial charge in [0.25, 0.3) is 0 Å². The molecule has 2 aromatic rings. The number of hydrogen-bond acceptors (Lipinski definition) is 4. The van der Waals surface area contributed by atoms with Gasteiger partial charge in [-0.1, -0.05) is 24.3 Å². The number of ether oxygens (including phenoxy) is 1. The van der Waals surface area contributed by atoms with E-state index in [0.29, 0.717) is 43.8 Å². The number of hydrogen-bond donors (Lipinski definition) is 2. The van der Waals surface area contributed by atoms with Crippen molar-refractivity contribution in [1.29, 1.82) is 0 Å². The first-order valence-corrected chi connectivity index (χ1v) is 8.64. The molecule has 0 radical (unpaired) electrons. The molecule has 6 heteroatoms. The topological polar surface area (TPSA) is 52.9 Å². The summed E-state index contributed by atoms with van der Waals surface area (Å²) in [5, 5.41) is 21.3. The number of nitrogens with zero attached hydrogens (tertiary/aromatic N) is 1. The van der Waals surface area contributed by atoms with Gasteiger partial charge in [-0.05, 0) is 36.6 Å². The Balaban J connectivity index is 1.63. The molecule has 1 fully saturated rings. The van der Waals surface area contributed by atoms with Crippen LogP contribution in [0.3, 0.4) is 0 Å². The van der Waals surface area contributed by atoms with Crippen LogP contribution >= 0.6 is 0 Å². The zero-order valence-electron chi connectivity index (χ0n) is 14.7. The molecule has 1 saturated heterocycles. The summed E-state index contributed by atoms with van der Waals surface area (Å²) < 4.78 is 31.7. The Morgan fingerprint density at radius 3 is 2.46 bits per heavy atom. The minimum Gasteiger partial charge on any atom is -0.496 e. The van der Waals surface area contributed by atoms with E-state index in [0.717, 1.165) is 17.7 Å². The van der Waals surface area contributed by atoms with E-state index in [-0.39, 0.29) is 0 Å². The highest BCUT2D eigenvalue weighted by atomic mass is 19.2. The number of halogens is 2. The predicted octanol–water partition coefficient (Wildman–Crippen LogP) is 2.99. The van der Waals surface area contributed by atoms with Gasteiger partial charge in [-0.25, -0.2) is 8.78 Å². The zero-order valence-corrected chi connectivity index (χ0v) is 14.7. The third-order valence-corrected chi connectivity index (χ3v) is 5.05.